The molecule has 1 aromatic carbocycles. The number of rotatable bonds is 8. The third-order valence-corrected chi connectivity index (χ3v) is 4.92. The molecular weight excluding hydrogens is 368 g/mol. The number of amides is 1. The molecule has 1 aromatic rings. The van der Waals surface area contributed by atoms with Gasteiger partial charge in [-0.2, -0.15) is 4.31 Å². The Morgan fingerprint density at radius 3 is 2.41 bits per heavy atom. The number of carbonyl (C=O) groups excluding carboxylic acids is 1. The second kappa shape index (κ2) is 8.64. The Kier molecular flexibility index (Phi) is 7.52. The van der Waals surface area contributed by atoms with Gasteiger partial charge in [0.2, 0.25) is 15.9 Å². The van der Waals surface area contributed by atoms with Crippen molar-refractivity contribution >= 4 is 31.9 Å². The smallest absolute Gasteiger partial charge is 0.235 e. The number of carbonyl (C=O) groups is 1. The first-order chi connectivity index (χ1) is 10.2. The maximum Gasteiger partial charge on any atom is 0.235 e. The van der Waals surface area contributed by atoms with Gasteiger partial charge in [-0.1, -0.05) is 41.4 Å². The number of hydrogen-bond donors (Lipinski definition) is 1. The highest BCUT2D eigenvalue weighted by molar-refractivity contribution is 9.10. The first-order valence-electron chi connectivity index (χ1n) is 7.21. The average molecular weight is 391 g/mol. The van der Waals surface area contributed by atoms with Crippen molar-refractivity contribution in [3.63, 3.8) is 0 Å². The zero-order valence-electron chi connectivity index (χ0n) is 13.2. The molecule has 0 aliphatic rings. The van der Waals surface area contributed by atoms with E-state index in [2.05, 4.69) is 21.2 Å². The fourth-order valence-electron chi connectivity index (χ4n) is 2.07. The molecule has 1 atom stereocenters. The van der Waals surface area contributed by atoms with Gasteiger partial charge in [0, 0.05) is 17.1 Å². The summed E-state index contributed by atoms with van der Waals surface area (Å²) in [6, 6.07) is 7.41. The van der Waals surface area contributed by atoms with Crippen LogP contribution in [-0.2, 0) is 21.4 Å². The van der Waals surface area contributed by atoms with Crippen molar-refractivity contribution in [2.24, 2.45) is 0 Å². The third-order valence-electron chi connectivity index (χ3n) is 3.19. The monoisotopic (exact) mass is 390 g/mol. The van der Waals surface area contributed by atoms with Crippen LogP contribution in [0.15, 0.2) is 28.7 Å². The van der Waals surface area contributed by atoms with Crippen molar-refractivity contribution in [3.8, 4) is 0 Å². The Morgan fingerprint density at radius 2 is 1.91 bits per heavy atom. The molecule has 0 bridgehead atoms. The lowest BCUT2D eigenvalue weighted by molar-refractivity contribution is -0.122. The number of benzene rings is 1. The van der Waals surface area contributed by atoms with Crippen LogP contribution in [-0.4, -0.2) is 37.5 Å². The normalized spacial score (nSPS) is 13.1. The van der Waals surface area contributed by atoms with Gasteiger partial charge in [-0.25, -0.2) is 8.42 Å². The number of nitrogens with one attached hydrogen (secondary N) is 1. The van der Waals surface area contributed by atoms with Gasteiger partial charge in [0.15, 0.2) is 0 Å². The van der Waals surface area contributed by atoms with Crippen LogP contribution < -0.4 is 5.32 Å². The standard InChI is InChI=1S/C15H23BrN2O3S/c1-4-5-12(2)17-15(19)11-18(22(3,20)21)10-13-6-8-14(16)9-7-13/h6-9,12H,4-5,10-11H2,1-3H3,(H,17,19)/t12-/m0/s1. The van der Waals surface area contributed by atoms with Crippen LogP contribution in [0.1, 0.15) is 32.3 Å². The van der Waals surface area contributed by atoms with Gasteiger partial charge in [-0.05, 0) is 31.0 Å². The van der Waals surface area contributed by atoms with Crippen LogP contribution in [0.5, 0.6) is 0 Å². The van der Waals surface area contributed by atoms with Crippen molar-refractivity contribution in [2.75, 3.05) is 12.8 Å². The molecule has 0 saturated carbocycles. The van der Waals surface area contributed by atoms with Crippen LogP contribution in [0.4, 0.5) is 0 Å². The molecule has 0 aliphatic heterocycles. The third kappa shape index (κ3) is 6.89. The van der Waals surface area contributed by atoms with Crippen LogP contribution >= 0.6 is 15.9 Å². The minimum Gasteiger partial charge on any atom is -0.353 e. The highest BCUT2D eigenvalue weighted by atomic mass is 79.9. The zero-order chi connectivity index (χ0) is 16.8. The predicted octanol–water partition coefficient (Wildman–Crippen LogP) is 2.52. The highest BCUT2D eigenvalue weighted by Crippen LogP contribution is 2.13. The minimum absolute atomic E-state index is 0.0478. The Bertz CT molecular complexity index is 587. The largest absolute Gasteiger partial charge is 0.353 e. The van der Waals surface area contributed by atoms with E-state index in [0.717, 1.165) is 29.1 Å². The van der Waals surface area contributed by atoms with Crippen molar-refractivity contribution in [1.82, 2.24) is 9.62 Å². The lowest BCUT2D eigenvalue weighted by atomic mass is 10.2. The lowest BCUT2D eigenvalue weighted by Gasteiger charge is -2.21. The van der Waals surface area contributed by atoms with Crippen LogP contribution in [0.25, 0.3) is 0 Å². The SMILES string of the molecule is CCC[C@H](C)NC(=O)CN(Cc1ccc(Br)cc1)S(C)(=O)=O. The Labute approximate surface area is 141 Å². The van der Waals surface area contributed by atoms with Gasteiger partial charge < -0.3 is 5.32 Å². The molecule has 0 radical (unpaired) electrons. The quantitative estimate of drug-likeness (QED) is 0.741. The van der Waals surface area contributed by atoms with Gasteiger partial charge in [0.1, 0.15) is 0 Å². The summed E-state index contributed by atoms with van der Waals surface area (Å²) in [6.45, 7) is 3.98. The van der Waals surface area contributed by atoms with Gasteiger partial charge in [-0.15, -0.1) is 0 Å². The van der Waals surface area contributed by atoms with E-state index in [1.807, 2.05) is 38.1 Å². The van der Waals surface area contributed by atoms with Gasteiger partial charge in [0.05, 0.1) is 12.8 Å². The fraction of sp³-hybridized carbons (Fsp3) is 0.533. The first kappa shape index (κ1) is 19.1. The van der Waals surface area contributed by atoms with E-state index in [9.17, 15) is 13.2 Å². The van der Waals surface area contributed by atoms with Crippen molar-refractivity contribution in [2.45, 2.75) is 39.3 Å². The van der Waals surface area contributed by atoms with E-state index >= 15 is 0 Å². The molecule has 0 saturated heterocycles. The molecule has 1 N–H and O–H groups in total. The van der Waals surface area contributed by atoms with E-state index in [4.69, 9.17) is 0 Å². The molecule has 0 fully saturated rings. The summed E-state index contributed by atoms with van der Waals surface area (Å²) in [5, 5.41) is 2.83. The van der Waals surface area contributed by atoms with E-state index in [-0.39, 0.29) is 25.0 Å². The van der Waals surface area contributed by atoms with E-state index < -0.39 is 10.0 Å². The van der Waals surface area contributed by atoms with E-state index in [0.29, 0.717) is 0 Å². The Hall–Kier alpha value is -0.920. The summed E-state index contributed by atoms with van der Waals surface area (Å²) in [5.74, 6) is -0.275. The molecule has 0 spiro atoms. The van der Waals surface area contributed by atoms with Crippen molar-refractivity contribution < 1.29 is 13.2 Å². The summed E-state index contributed by atoms with van der Waals surface area (Å²) >= 11 is 3.34. The molecular formula is C15H23BrN2O3S. The lowest BCUT2D eigenvalue weighted by Crippen LogP contribution is -2.42. The average Bonchev–Trinajstić information content (AvgIpc) is 2.39. The second-order valence-corrected chi connectivity index (χ2v) is 8.31. The molecule has 1 amide bonds. The molecule has 0 heterocycles. The second-order valence-electron chi connectivity index (χ2n) is 5.41. The summed E-state index contributed by atoms with van der Waals surface area (Å²) in [5.41, 5.74) is 0.836. The van der Waals surface area contributed by atoms with Crippen molar-refractivity contribution in [3.05, 3.63) is 34.3 Å². The maximum atomic E-state index is 12.0. The zero-order valence-corrected chi connectivity index (χ0v) is 15.6. The fourth-order valence-corrected chi connectivity index (χ4v) is 3.07. The number of halogens is 1. The van der Waals surface area contributed by atoms with Gasteiger partial charge in [-0.3, -0.25) is 4.79 Å². The molecule has 1 rings (SSSR count). The Morgan fingerprint density at radius 1 is 1.32 bits per heavy atom. The van der Waals surface area contributed by atoms with E-state index in [1.54, 1.807) is 0 Å². The molecule has 124 valence electrons. The topological polar surface area (TPSA) is 66.5 Å². The number of nitrogens with zero attached hydrogens (tertiary/aromatic N) is 1. The molecule has 7 heteroatoms. The van der Waals surface area contributed by atoms with E-state index in [1.165, 1.54) is 4.31 Å². The Balaban J connectivity index is 2.73. The minimum atomic E-state index is -3.46. The molecule has 0 unspecified atom stereocenters. The van der Waals surface area contributed by atoms with Crippen LogP contribution in [0.2, 0.25) is 0 Å². The molecule has 5 nitrogen and oxygen atoms in total. The summed E-state index contributed by atoms with van der Waals surface area (Å²) in [4.78, 5) is 12.0. The maximum absolute atomic E-state index is 12.0. The van der Waals surface area contributed by atoms with Gasteiger partial charge >= 0.3 is 0 Å². The highest BCUT2D eigenvalue weighted by Gasteiger charge is 2.21. The molecule has 22 heavy (non-hydrogen) atoms. The van der Waals surface area contributed by atoms with Crippen LogP contribution in [0, 0.1) is 0 Å². The van der Waals surface area contributed by atoms with Crippen LogP contribution in [0.3, 0.4) is 0 Å². The molecule has 0 aliphatic carbocycles. The predicted molar refractivity (Wildman–Crippen MR) is 91.9 cm³/mol. The summed E-state index contributed by atoms with van der Waals surface area (Å²) in [6.07, 6.45) is 2.96. The molecule has 0 aromatic heterocycles. The summed E-state index contributed by atoms with van der Waals surface area (Å²) < 4.78 is 25.9. The first-order valence-corrected chi connectivity index (χ1v) is 9.85. The van der Waals surface area contributed by atoms with Crippen molar-refractivity contribution in [1.29, 1.82) is 0 Å². The number of hydrogen-bond acceptors (Lipinski definition) is 3. The van der Waals surface area contributed by atoms with Gasteiger partial charge in [0.25, 0.3) is 0 Å². The number of sulfonamides is 1. The summed E-state index contributed by atoms with van der Waals surface area (Å²) in [7, 11) is -3.46.